The lowest BCUT2D eigenvalue weighted by Crippen LogP contribution is -2.10. The van der Waals surface area contributed by atoms with Gasteiger partial charge in [-0.2, -0.15) is 0 Å². The highest BCUT2D eigenvalue weighted by Crippen LogP contribution is 2.27. The summed E-state index contributed by atoms with van der Waals surface area (Å²) in [6, 6.07) is 8.86. The van der Waals surface area contributed by atoms with Gasteiger partial charge in [0, 0.05) is 35.8 Å². The summed E-state index contributed by atoms with van der Waals surface area (Å²) in [5.74, 6) is 1.54. The molecule has 0 saturated carbocycles. The molecule has 108 valence electrons. The minimum Gasteiger partial charge on any atom is -0.508 e. The van der Waals surface area contributed by atoms with Gasteiger partial charge in [0.1, 0.15) is 11.6 Å². The van der Waals surface area contributed by atoms with Crippen LogP contribution in [0.15, 0.2) is 36.5 Å². The van der Waals surface area contributed by atoms with Crippen molar-refractivity contribution in [3.05, 3.63) is 41.6 Å². The maximum Gasteiger partial charge on any atom is 0.155 e. The molecular weight excluding hydrogens is 288 g/mol. The van der Waals surface area contributed by atoms with Crippen molar-refractivity contribution in [3.63, 3.8) is 0 Å². The van der Waals surface area contributed by atoms with Crippen LogP contribution in [0.4, 0.5) is 5.82 Å². The van der Waals surface area contributed by atoms with Crippen LogP contribution in [0.2, 0.25) is 5.02 Å². The molecule has 2 heterocycles. The molecule has 0 spiro atoms. The van der Waals surface area contributed by atoms with Crippen molar-refractivity contribution in [3.8, 4) is 11.6 Å². The van der Waals surface area contributed by atoms with E-state index in [4.69, 9.17) is 11.6 Å². The highest BCUT2D eigenvalue weighted by atomic mass is 35.5. The summed E-state index contributed by atoms with van der Waals surface area (Å²) in [6.45, 7) is 4.10. The number of nitrogens with zero attached hydrogens (tertiary/aromatic N) is 3. The highest BCUT2D eigenvalue weighted by molar-refractivity contribution is 6.35. The van der Waals surface area contributed by atoms with Crippen molar-refractivity contribution in [2.45, 2.75) is 19.9 Å². The monoisotopic (exact) mass is 302 g/mol. The fourth-order valence-corrected chi connectivity index (χ4v) is 2.36. The van der Waals surface area contributed by atoms with Gasteiger partial charge in [0.05, 0.1) is 10.5 Å². The standard InChI is InChI=1S/C15H15ClN4O/c1-9(2)17-14-5-6-20(19-14)15-8-12(16)11-4-3-10(21)7-13(11)18-15/h3-9,21H,1-2H3,(H,17,19). The number of pyridine rings is 1. The van der Waals surface area contributed by atoms with Crippen molar-refractivity contribution in [1.82, 2.24) is 14.8 Å². The maximum absolute atomic E-state index is 9.57. The summed E-state index contributed by atoms with van der Waals surface area (Å²) < 4.78 is 1.65. The number of fused-ring (bicyclic) bond motifs is 1. The maximum atomic E-state index is 9.57. The number of rotatable bonds is 3. The van der Waals surface area contributed by atoms with Gasteiger partial charge in [0.15, 0.2) is 5.82 Å². The lowest BCUT2D eigenvalue weighted by molar-refractivity contribution is 0.476. The first-order chi connectivity index (χ1) is 10.0. The second-order valence-electron chi connectivity index (χ2n) is 5.11. The molecule has 0 bridgehead atoms. The first-order valence-corrected chi connectivity index (χ1v) is 7.02. The molecule has 0 saturated heterocycles. The van der Waals surface area contributed by atoms with Gasteiger partial charge in [0.2, 0.25) is 0 Å². The summed E-state index contributed by atoms with van der Waals surface area (Å²) in [7, 11) is 0. The molecule has 0 unspecified atom stereocenters. The molecular formula is C15H15ClN4O. The van der Waals surface area contributed by atoms with Crippen molar-refractivity contribution >= 4 is 28.3 Å². The van der Waals surface area contributed by atoms with Crippen LogP contribution in [0.25, 0.3) is 16.7 Å². The van der Waals surface area contributed by atoms with E-state index < -0.39 is 0 Å². The molecule has 21 heavy (non-hydrogen) atoms. The third-order valence-corrected chi connectivity index (χ3v) is 3.30. The number of halogens is 1. The Balaban J connectivity index is 2.06. The second-order valence-corrected chi connectivity index (χ2v) is 5.52. The van der Waals surface area contributed by atoms with Crippen LogP contribution in [0.3, 0.4) is 0 Å². The molecule has 0 fully saturated rings. The third-order valence-electron chi connectivity index (χ3n) is 2.99. The van der Waals surface area contributed by atoms with Crippen molar-refractivity contribution in [2.24, 2.45) is 0 Å². The third kappa shape index (κ3) is 2.78. The Morgan fingerprint density at radius 3 is 2.81 bits per heavy atom. The lowest BCUT2D eigenvalue weighted by atomic mass is 10.2. The Morgan fingerprint density at radius 1 is 1.24 bits per heavy atom. The molecule has 3 rings (SSSR count). The average Bonchev–Trinajstić information content (AvgIpc) is 2.85. The molecule has 0 radical (unpaired) electrons. The van der Waals surface area contributed by atoms with Crippen LogP contribution in [-0.2, 0) is 0 Å². The van der Waals surface area contributed by atoms with E-state index in [2.05, 4.69) is 15.4 Å². The summed E-state index contributed by atoms with van der Waals surface area (Å²) in [5.41, 5.74) is 0.631. The molecule has 0 atom stereocenters. The highest BCUT2D eigenvalue weighted by Gasteiger charge is 2.08. The van der Waals surface area contributed by atoms with Crippen molar-refractivity contribution in [2.75, 3.05) is 5.32 Å². The Morgan fingerprint density at radius 2 is 2.05 bits per heavy atom. The lowest BCUT2D eigenvalue weighted by Gasteiger charge is -2.07. The SMILES string of the molecule is CC(C)Nc1ccn(-c2cc(Cl)c3ccc(O)cc3n2)n1. The molecule has 5 nitrogen and oxygen atoms in total. The van der Waals surface area contributed by atoms with E-state index in [1.165, 1.54) is 0 Å². The first kappa shape index (κ1) is 13.7. The average molecular weight is 303 g/mol. The smallest absolute Gasteiger partial charge is 0.155 e. The van der Waals surface area contributed by atoms with Gasteiger partial charge in [-0.1, -0.05) is 11.6 Å². The molecule has 0 aliphatic heterocycles. The van der Waals surface area contributed by atoms with E-state index in [0.717, 1.165) is 11.2 Å². The largest absolute Gasteiger partial charge is 0.508 e. The van der Waals surface area contributed by atoms with Crippen LogP contribution in [0.1, 0.15) is 13.8 Å². The molecule has 2 aromatic heterocycles. The van der Waals surface area contributed by atoms with E-state index in [1.807, 2.05) is 26.1 Å². The first-order valence-electron chi connectivity index (χ1n) is 6.65. The predicted octanol–water partition coefficient (Wildman–Crippen LogP) is 3.60. The number of nitrogens with one attached hydrogen (secondary N) is 1. The number of hydrogen-bond acceptors (Lipinski definition) is 4. The Labute approximate surface area is 127 Å². The molecule has 2 N–H and O–H groups in total. The number of phenols is 1. The number of hydrogen-bond donors (Lipinski definition) is 2. The molecule has 3 aromatic rings. The van der Waals surface area contributed by atoms with Crippen LogP contribution in [-0.4, -0.2) is 25.9 Å². The minimum absolute atomic E-state index is 0.158. The zero-order valence-electron chi connectivity index (χ0n) is 11.7. The molecule has 0 aliphatic carbocycles. The number of anilines is 1. The van der Waals surface area contributed by atoms with E-state index in [-0.39, 0.29) is 5.75 Å². The normalized spacial score (nSPS) is 11.2. The zero-order chi connectivity index (χ0) is 15.0. The fraction of sp³-hybridized carbons (Fsp3) is 0.200. The molecule has 1 aromatic carbocycles. The van der Waals surface area contributed by atoms with Crippen LogP contribution in [0, 0.1) is 0 Å². The van der Waals surface area contributed by atoms with Gasteiger partial charge in [-0.3, -0.25) is 0 Å². The Hall–Kier alpha value is -2.27. The van der Waals surface area contributed by atoms with Gasteiger partial charge >= 0.3 is 0 Å². The van der Waals surface area contributed by atoms with E-state index in [0.29, 0.717) is 22.4 Å². The van der Waals surface area contributed by atoms with Crippen LogP contribution < -0.4 is 5.32 Å². The van der Waals surface area contributed by atoms with Crippen LogP contribution >= 0.6 is 11.6 Å². The van der Waals surface area contributed by atoms with E-state index >= 15 is 0 Å². The van der Waals surface area contributed by atoms with Gasteiger partial charge in [-0.15, -0.1) is 5.10 Å². The van der Waals surface area contributed by atoms with Crippen LogP contribution in [0.5, 0.6) is 5.75 Å². The summed E-state index contributed by atoms with van der Waals surface area (Å²) in [6.07, 6.45) is 1.82. The topological polar surface area (TPSA) is 63.0 Å². The fourth-order valence-electron chi connectivity index (χ4n) is 2.10. The van der Waals surface area contributed by atoms with Gasteiger partial charge in [0.25, 0.3) is 0 Å². The van der Waals surface area contributed by atoms with Gasteiger partial charge < -0.3 is 10.4 Å². The van der Waals surface area contributed by atoms with E-state index in [1.54, 1.807) is 28.9 Å². The van der Waals surface area contributed by atoms with Crippen molar-refractivity contribution < 1.29 is 5.11 Å². The number of aromatic hydroxyl groups is 1. The summed E-state index contributed by atoms with van der Waals surface area (Å²) in [4.78, 5) is 4.49. The molecule has 0 amide bonds. The number of aromatic nitrogens is 3. The Bertz CT molecular complexity index is 797. The van der Waals surface area contributed by atoms with Gasteiger partial charge in [-0.05, 0) is 26.0 Å². The quantitative estimate of drug-likeness (QED) is 0.776. The van der Waals surface area contributed by atoms with Crippen molar-refractivity contribution in [1.29, 1.82) is 0 Å². The van der Waals surface area contributed by atoms with E-state index in [9.17, 15) is 5.11 Å². The Kier molecular flexibility index (Phi) is 3.43. The number of benzene rings is 1. The number of phenolic OH excluding ortho intramolecular Hbond substituents is 1. The van der Waals surface area contributed by atoms with Gasteiger partial charge in [-0.25, -0.2) is 9.67 Å². The summed E-state index contributed by atoms with van der Waals surface area (Å²) >= 11 is 6.28. The predicted molar refractivity (Wildman–Crippen MR) is 84.3 cm³/mol. The molecule has 6 heteroatoms. The second kappa shape index (κ2) is 5.26. The molecule has 0 aliphatic rings. The zero-order valence-corrected chi connectivity index (χ0v) is 12.5. The summed E-state index contributed by atoms with van der Waals surface area (Å²) in [5, 5.41) is 18.6. The minimum atomic E-state index is 0.158.